The molecule has 3 atom stereocenters. The van der Waals surface area contributed by atoms with E-state index in [1.165, 1.54) is 141 Å². The summed E-state index contributed by atoms with van der Waals surface area (Å²) in [6.45, 7) is 4.82. The van der Waals surface area contributed by atoms with E-state index in [2.05, 4.69) is 19.2 Å². The number of quaternary nitrogens is 1. The van der Waals surface area contributed by atoms with Gasteiger partial charge in [0, 0.05) is 6.42 Å². The molecule has 0 aromatic heterocycles. The summed E-state index contributed by atoms with van der Waals surface area (Å²) in [5.41, 5.74) is 0. The zero-order valence-corrected chi connectivity index (χ0v) is 34.1. The third-order valence-electron chi connectivity index (χ3n) is 9.58. The molecule has 3 N–H and O–H groups in total. The molecule has 8 heteroatoms. The number of carbonyl (C=O) groups excluding carboxylic acids is 1. The lowest BCUT2D eigenvalue weighted by atomic mass is 10.0. The highest BCUT2D eigenvalue weighted by Crippen LogP contribution is 2.42. The highest BCUT2D eigenvalue weighted by Gasteiger charge is 2.27. The minimum absolute atomic E-state index is 0.0289. The van der Waals surface area contributed by atoms with Crippen molar-refractivity contribution in [3.63, 3.8) is 0 Å². The number of allylic oxidation sites excluding steroid dienone is 1. The molecule has 49 heavy (non-hydrogen) atoms. The lowest BCUT2D eigenvalue weighted by Crippen LogP contribution is -2.45. The van der Waals surface area contributed by atoms with Crippen LogP contribution in [-0.4, -0.2) is 73.0 Å². The first-order chi connectivity index (χ1) is 23.5. The zero-order valence-electron chi connectivity index (χ0n) is 33.2. The van der Waals surface area contributed by atoms with Crippen molar-refractivity contribution >= 4 is 13.5 Å². The Morgan fingerprint density at radius 1 is 0.673 bits per heavy atom. The summed E-state index contributed by atoms with van der Waals surface area (Å²) in [5, 5.41) is 13.8. The van der Waals surface area contributed by atoms with E-state index in [1.54, 1.807) is 6.08 Å². The van der Waals surface area contributed by atoms with E-state index in [9.17, 15) is 19.4 Å². The summed E-state index contributed by atoms with van der Waals surface area (Å²) >= 11 is 0. The Bertz CT molecular complexity index is 816. The number of hydrogen-bond acceptors (Lipinski definition) is 4. The Hall–Kier alpha value is -0.720. The molecule has 0 saturated carbocycles. The third kappa shape index (κ3) is 35.5. The molecule has 0 bridgehead atoms. The van der Waals surface area contributed by atoms with Crippen molar-refractivity contribution in [2.45, 2.75) is 206 Å². The van der Waals surface area contributed by atoms with E-state index < -0.39 is 19.7 Å². The quantitative estimate of drug-likeness (QED) is 0.0257. The molecule has 1 amide bonds. The van der Waals surface area contributed by atoms with Crippen LogP contribution in [0.4, 0.5) is 0 Å². The zero-order chi connectivity index (χ0) is 36.5. The molecule has 292 valence electrons. The molecule has 7 nitrogen and oxygen atoms in total. The Morgan fingerprint density at radius 3 is 1.47 bits per heavy atom. The van der Waals surface area contributed by atoms with Crippen molar-refractivity contribution in [3.8, 4) is 0 Å². The predicted octanol–water partition coefficient (Wildman–Crippen LogP) is 11.3. The number of carbonyl (C=O) groups is 1. The first-order valence-corrected chi connectivity index (χ1v) is 22.7. The first kappa shape index (κ1) is 48.3. The molecule has 0 aromatic carbocycles. The average Bonchev–Trinajstić information content (AvgIpc) is 3.05. The smallest absolute Gasteiger partial charge is 0.333 e. The highest BCUT2D eigenvalue weighted by atomic mass is 31.2. The second-order valence-corrected chi connectivity index (χ2v) is 17.8. The summed E-state index contributed by atoms with van der Waals surface area (Å²) in [6, 6.07) is -0.762. The van der Waals surface area contributed by atoms with Gasteiger partial charge < -0.3 is 24.3 Å². The number of aliphatic hydroxyl groups is 1. The molecular weight excluding hydrogens is 631 g/mol. The minimum atomic E-state index is -3.84. The molecule has 1 unspecified atom stereocenters. The van der Waals surface area contributed by atoms with Crippen molar-refractivity contribution < 1.29 is 28.4 Å². The fourth-order valence-corrected chi connectivity index (χ4v) is 7.52. The van der Waals surface area contributed by atoms with Gasteiger partial charge in [-0.2, -0.15) is 0 Å². The van der Waals surface area contributed by atoms with Crippen LogP contribution in [0.15, 0.2) is 12.2 Å². The van der Waals surface area contributed by atoms with Crippen LogP contribution in [0, 0.1) is 0 Å². The van der Waals surface area contributed by atoms with Gasteiger partial charge in [0.2, 0.25) is 5.91 Å². The lowest BCUT2D eigenvalue weighted by Gasteiger charge is -2.26. The van der Waals surface area contributed by atoms with Crippen molar-refractivity contribution in [2.75, 3.05) is 40.5 Å². The van der Waals surface area contributed by atoms with Crippen LogP contribution in [0.25, 0.3) is 0 Å². The van der Waals surface area contributed by atoms with Crippen LogP contribution < -0.4 is 5.32 Å². The van der Waals surface area contributed by atoms with Crippen LogP contribution >= 0.6 is 7.60 Å². The molecule has 0 radical (unpaired) electrons. The van der Waals surface area contributed by atoms with Crippen molar-refractivity contribution in [3.05, 3.63) is 12.2 Å². The summed E-state index contributed by atoms with van der Waals surface area (Å²) in [4.78, 5) is 23.2. The van der Waals surface area contributed by atoms with Gasteiger partial charge in [0.15, 0.2) is 0 Å². The van der Waals surface area contributed by atoms with Crippen LogP contribution in [0.3, 0.4) is 0 Å². The number of unbranched alkanes of at least 4 members (excludes halogenated alkanes) is 25. The lowest BCUT2D eigenvalue weighted by molar-refractivity contribution is -0.867. The second-order valence-electron chi connectivity index (χ2n) is 15.8. The summed E-state index contributed by atoms with van der Waals surface area (Å²) in [7, 11) is 2.05. The van der Waals surface area contributed by atoms with Gasteiger partial charge in [0.1, 0.15) is 0 Å². The topological polar surface area (TPSA) is 95.9 Å². The molecule has 0 aromatic rings. The SMILES string of the molecule is CCCCCCCCCCCCC/C=C/[C@@H](O)[C@H](COP(=O)(O)CC[N+](C)(C)C)NC(=O)CCCCCCCCCCCCCCCCC. The van der Waals surface area contributed by atoms with Gasteiger partial charge >= 0.3 is 7.60 Å². The highest BCUT2D eigenvalue weighted by molar-refractivity contribution is 7.52. The molecule has 0 spiro atoms. The van der Waals surface area contributed by atoms with Crippen molar-refractivity contribution in [1.29, 1.82) is 0 Å². The minimum Gasteiger partial charge on any atom is -0.387 e. The molecule has 0 aliphatic carbocycles. The van der Waals surface area contributed by atoms with E-state index in [0.717, 1.165) is 32.1 Å². The van der Waals surface area contributed by atoms with Crippen LogP contribution in [-0.2, 0) is 13.9 Å². The van der Waals surface area contributed by atoms with E-state index >= 15 is 0 Å². The maximum Gasteiger partial charge on any atom is 0.333 e. The largest absolute Gasteiger partial charge is 0.387 e. The fourth-order valence-electron chi connectivity index (χ4n) is 6.15. The summed E-state index contributed by atoms with van der Waals surface area (Å²) < 4.78 is 18.7. The Kier molecular flexibility index (Phi) is 32.7. The second kappa shape index (κ2) is 33.1. The Morgan fingerprint density at radius 2 is 1.06 bits per heavy atom. The van der Waals surface area contributed by atoms with Gasteiger partial charge in [-0.25, -0.2) is 0 Å². The van der Waals surface area contributed by atoms with E-state index in [0.29, 0.717) is 17.4 Å². The van der Waals surface area contributed by atoms with Gasteiger partial charge in [0.25, 0.3) is 0 Å². The normalized spacial score (nSPS) is 14.7. The number of nitrogens with zero attached hydrogens (tertiary/aromatic N) is 1. The van der Waals surface area contributed by atoms with Crippen molar-refractivity contribution in [2.24, 2.45) is 0 Å². The number of nitrogens with one attached hydrogen (secondary N) is 1. The van der Waals surface area contributed by atoms with Crippen LogP contribution in [0.5, 0.6) is 0 Å². The number of aliphatic hydroxyl groups excluding tert-OH is 1. The summed E-state index contributed by atoms with van der Waals surface area (Å²) in [6.07, 6.45) is 37.4. The van der Waals surface area contributed by atoms with Crippen LogP contribution in [0.1, 0.15) is 194 Å². The van der Waals surface area contributed by atoms with E-state index in [-0.39, 0.29) is 18.7 Å². The van der Waals surface area contributed by atoms with Gasteiger partial charge in [-0.3, -0.25) is 9.36 Å². The van der Waals surface area contributed by atoms with Crippen LogP contribution in [0.2, 0.25) is 0 Å². The van der Waals surface area contributed by atoms with Gasteiger partial charge in [0.05, 0.1) is 52.6 Å². The molecule has 0 saturated heterocycles. The van der Waals surface area contributed by atoms with E-state index in [1.807, 2.05) is 27.2 Å². The van der Waals surface area contributed by atoms with Gasteiger partial charge in [-0.15, -0.1) is 0 Å². The number of hydrogen-bond donors (Lipinski definition) is 3. The summed E-state index contributed by atoms with van der Waals surface area (Å²) in [5.74, 6) is -0.139. The maximum atomic E-state index is 12.8. The number of rotatable bonds is 37. The van der Waals surface area contributed by atoms with E-state index in [4.69, 9.17) is 4.52 Å². The molecule has 0 aliphatic rings. The Balaban J connectivity index is 4.41. The monoisotopic (exact) mass is 716 g/mol. The third-order valence-corrected chi connectivity index (χ3v) is 10.9. The molecule has 0 heterocycles. The standard InChI is InChI=1S/C41H83N2O5P/c1-6-8-10-12-14-16-18-20-21-23-25-27-29-31-33-35-41(45)42-39(38-48-49(46,47)37-36-43(3,4)5)40(44)34-32-30-28-26-24-22-19-17-15-13-11-9-7-2/h32,34,39-40,44H,6-31,33,35-38H2,1-5H3,(H-,42,45,46,47)/p+1/b34-32+/t39-,40+/m0/s1. The first-order valence-electron chi connectivity index (χ1n) is 20.9. The fraction of sp³-hybridized carbons (Fsp3) is 0.927. The predicted molar refractivity (Wildman–Crippen MR) is 211 cm³/mol. The maximum absolute atomic E-state index is 12.8. The average molecular weight is 716 g/mol. The molecule has 0 aliphatic heterocycles. The molecule has 0 rings (SSSR count). The Labute approximate surface area is 304 Å². The molecular formula is C41H84N2O5P+. The van der Waals surface area contributed by atoms with Gasteiger partial charge in [-0.1, -0.05) is 180 Å². The molecule has 0 fully saturated rings. The van der Waals surface area contributed by atoms with Gasteiger partial charge in [-0.05, 0) is 19.3 Å². The number of amides is 1. The van der Waals surface area contributed by atoms with Crippen molar-refractivity contribution in [1.82, 2.24) is 5.32 Å².